The lowest BCUT2D eigenvalue weighted by Gasteiger charge is -2.35. The van der Waals surface area contributed by atoms with E-state index in [1.54, 1.807) is 11.9 Å². The molecular weight excluding hydrogens is 192 g/mol. The van der Waals surface area contributed by atoms with E-state index in [2.05, 4.69) is 18.8 Å². The van der Waals surface area contributed by atoms with Gasteiger partial charge < -0.3 is 10.2 Å². The predicted octanol–water partition coefficient (Wildman–Crippen LogP) is 0.403. The minimum absolute atomic E-state index is 0.0170. The van der Waals surface area contributed by atoms with Crippen LogP contribution in [0.25, 0.3) is 0 Å². The molecule has 0 saturated carbocycles. The van der Waals surface area contributed by atoms with E-state index in [0.29, 0.717) is 12.5 Å². The van der Waals surface area contributed by atoms with Crippen LogP contribution >= 0.6 is 0 Å². The largest absolute Gasteiger partial charge is 0.359 e. The van der Waals surface area contributed by atoms with E-state index in [1.165, 1.54) is 6.08 Å². The Balaban J connectivity index is 2.67. The second-order valence-electron chi connectivity index (χ2n) is 4.10. The lowest BCUT2D eigenvalue weighted by Crippen LogP contribution is -2.47. The summed E-state index contributed by atoms with van der Waals surface area (Å²) in [5.41, 5.74) is 0. The van der Waals surface area contributed by atoms with E-state index in [0.717, 1.165) is 13.0 Å². The quantitative estimate of drug-likeness (QED) is 0.671. The lowest BCUT2D eigenvalue weighted by molar-refractivity contribution is -0.133. The van der Waals surface area contributed by atoms with E-state index < -0.39 is 0 Å². The number of likely N-dealkylation sites (tertiary alicyclic amines) is 1. The third-order valence-electron chi connectivity index (χ3n) is 2.76. The minimum atomic E-state index is -0.0875. The van der Waals surface area contributed by atoms with E-state index in [9.17, 15) is 9.59 Å². The normalized spacial score (nSPS) is 25.9. The number of hydrogen-bond acceptors (Lipinski definition) is 2. The van der Waals surface area contributed by atoms with Crippen molar-refractivity contribution in [3.63, 3.8) is 0 Å². The average Bonchev–Trinajstić information content (AvgIpc) is 2.26. The van der Waals surface area contributed by atoms with E-state index in [4.69, 9.17) is 0 Å². The first-order valence-electron chi connectivity index (χ1n) is 5.21. The molecule has 0 aliphatic carbocycles. The van der Waals surface area contributed by atoms with Crippen LogP contribution in [0.15, 0.2) is 12.7 Å². The summed E-state index contributed by atoms with van der Waals surface area (Å²) in [6.45, 7) is 6.74. The Bertz CT molecular complexity index is 276. The zero-order valence-corrected chi connectivity index (χ0v) is 9.32. The SMILES string of the molecule is C=CC(=O)N1CC(C)CC(C(=O)NC)C1. The molecule has 0 spiro atoms. The Morgan fingerprint density at radius 1 is 1.47 bits per heavy atom. The first-order chi connectivity index (χ1) is 7.08. The predicted molar refractivity (Wildman–Crippen MR) is 58.1 cm³/mol. The van der Waals surface area contributed by atoms with Crippen LogP contribution in [-0.2, 0) is 9.59 Å². The standard InChI is InChI=1S/C11H18N2O2/c1-4-10(14)13-6-8(2)5-9(7-13)11(15)12-3/h4,8-9H,1,5-7H2,2-3H3,(H,12,15). The highest BCUT2D eigenvalue weighted by atomic mass is 16.2. The molecular formula is C11H18N2O2. The molecule has 2 unspecified atom stereocenters. The highest BCUT2D eigenvalue weighted by Crippen LogP contribution is 2.21. The molecule has 0 aromatic rings. The maximum absolute atomic E-state index is 11.5. The molecule has 2 amide bonds. The molecule has 1 saturated heterocycles. The highest BCUT2D eigenvalue weighted by molar-refractivity contribution is 5.88. The molecule has 4 heteroatoms. The molecule has 84 valence electrons. The number of nitrogens with one attached hydrogen (secondary N) is 1. The summed E-state index contributed by atoms with van der Waals surface area (Å²) in [6, 6.07) is 0. The van der Waals surface area contributed by atoms with Gasteiger partial charge in [0.15, 0.2) is 0 Å². The monoisotopic (exact) mass is 210 g/mol. The highest BCUT2D eigenvalue weighted by Gasteiger charge is 2.30. The van der Waals surface area contributed by atoms with E-state index in [-0.39, 0.29) is 17.7 Å². The molecule has 0 bridgehead atoms. The van der Waals surface area contributed by atoms with Crippen LogP contribution in [0.2, 0.25) is 0 Å². The Labute approximate surface area is 90.3 Å². The van der Waals surface area contributed by atoms with E-state index in [1.807, 2.05) is 0 Å². The van der Waals surface area contributed by atoms with Gasteiger partial charge in [-0.2, -0.15) is 0 Å². The molecule has 1 aliphatic heterocycles. The molecule has 4 nitrogen and oxygen atoms in total. The molecule has 0 aromatic carbocycles. The fraction of sp³-hybridized carbons (Fsp3) is 0.636. The number of amides is 2. The van der Waals surface area contributed by atoms with Crippen LogP contribution < -0.4 is 5.32 Å². The van der Waals surface area contributed by atoms with Crippen molar-refractivity contribution in [2.24, 2.45) is 11.8 Å². The van der Waals surface area contributed by atoms with Gasteiger partial charge >= 0.3 is 0 Å². The van der Waals surface area contributed by atoms with Crippen molar-refractivity contribution in [1.82, 2.24) is 10.2 Å². The van der Waals surface area contributed by atoms with Gasteiger partial charge in [-0.1, -0.05) is 13.5 Å². The number of nitrogens with zero attached hydrogens (tertiary/aromatic N) is 1. The zero-order valence-electron chi connectivity index (χ0n) is 9.32. The van der Waals surface area contributed by atoms with Gasteiger partial charge in [0.2, 0.25) is 11.8 Å². The van der Waals surface area contributed by atoms with Crippen LogP contribution in [0.3, 0.4) is 0 Å². The first-order valence-corrected chi connectivity index (χ1v) is 5.21. The van der Waals surface area contributed by atoms with Gasteiger partial charge in [-0.3, -0.25) is 9.59 Å². The Morgan fingerprint density at radius 2 is 2.13 bits per heavy atom. The number of hydrogen-bond donors (Lipinski definition) is 1. The Hall–Kier alpha value is -1.32. The minimum Gasteiger partial charge on any atom is -0.359 e. The number of carbonyl (C=O) groups excluding carboxylic acids is 2. The first kappa shape index (κ1) is 11.8. The Kier molecular flexibility index (Phi) is 3.88. The third kappa shape index (κ3) is 2.81. The fourth-order valence-corrected chi connectivity index (χ4v) is 2.05. The fourth-order valence-electron chi connectivity index (χ4n) is 2.05. The summed E-state index contributed by atoms with van der Waals surface area (Å²) in [4.78, 5) is 24.6. The summed E-state index contributed by atoms with van der Waals surface area (Å²) in [5.74, 6) is 0.214. The second-order valence-corrected chi connectivity index (χ2v) is 4.10. The van der Waals surface area contributed by atoms with Crippen molar-refractivity contribution < 1.29 is 9.59 Å². The Morgan fingerprint density at radius 3 is 2.67 bits per heavy atom. The lowest BCUT2D eigenvalue weighted by atomic mass is 9.90. The average molecular weight is 210 g/mol. The van der Waals surface area contributed by atoms with Gasteiger partial charge in [-0.25, -0.2) is 0 Å². The molecule has 0 aromatic heterocycles. The van der Waals surface area contributed by atoms with Crippen molar-refractivity contribution in [3.8, 4) is 0 Å². The summed E-state index contributed by atoms with van der Waals surface area (Å²) >= 11 is 0. The summed E-state index contributed by atoms with van der Waals surface area (Å²) in [6.07, 6.45) is 2.15. The molecule has 1 fully saturated rings. The summed E-state index contributed by atoms with van der Waals surface area (Å²) < 4.78 is 0. The maximum Gasteiger partial charge on any atom is 0.245 e. The molecule has 1 aliphatic rings. The molecule has 2 atom stereocenters. The third-order valence-corrected chi connectivity index (χ3v) is 2.76. The number of piperidine rings is 1. The van der Waals surface area contributed by atoms with Crippen molar-refractivity contribution in [2.45, 2.75) is 13.3 Å². The van der Waals surface area contributed by atoms with Crippen molar-refractivity contribution in [3.05, 3.63) is 12.7 Å². The topological polar surface area (TPSA) is 49.4 Å². The van der Waals surface area contributed by atoms with Crippen molar-refractivity contribution in [1.29, 1.82) is 0 Å². The van der Waals surface area contributed by atoms with Crippen LogP contribution in [0.4, 0.5) is 0 Å². The zero-order chi connectivity index (χ0) is 11.4. The number of rotatable bonds is 2. The smallest absolute Gasteiger partial charge is 0.245 e. The number of carbonyl (C=O) groups is 2. The van der Waals surface area contributed by atoms with Gasteiger partial charge in [0.05, 0.1) is 5.92 Å². The van der Waals surface area contributed by atoms with Gasteiger partial charge in [-0.15, -0.1) is 0 Å². The second kappa shape index (κ2) is 4.96. The summed E-state index contributed by atoms with van der Waals surface area (Å²) in [7, 11) is 1.63. The molecule has 0 radical (unpaired) electrons. The van der Waals surface area contributed by atoms with Crippen molar-refractivity contribution >= 4 is 11.8 Å². The molecule has 1 N–H and O–H groups in total. The van der Waals surface area contributed by atoms with Crippen LogP contribution in [0.5, 0.6) is 0 Å². The van der Waals surface area contributed by atoms with Gasteiger partial charge in [-0.05, 0) is 18.4 Å². The molecule has 15 heavy (non-hydrogen) atoms. The van der Waals surface area contributed by atoms with Crippen molar-refractivity contribution in [2.75, 3.05) is 20.1 Å². The van der Waals surface area contributed by atoms with Gasteiger partial charge in [0.25, 0.3) is 0 Å². The van der Waals surface area contributed by atoms with Crippen LogP contribution in [-0.4, -0.2) is 36.9 Å². The van der Waals surface area contributed by atoms with Gasteiger partial charge in [0.1, 0.15) is 0 Å². The van der Waals surface area contributed by atoms with E-state index >= 15 is 0 Å². The molecule has 1 heterocycles. The van der Waals surface area contributed by atoms with Crippen LogP contribution in [0.1, 0.15) is 13.3 Å². The maximum atomic E-state index is 11.5. The van der Waals surface area contributed by atoms with Gasteiger partial charge in [0, 0.05) is 20.1 Å². The summed E-state index contributed by atoms with van der Waals surface area (Å²) in [5, 5.41) is 2.63. The molecule has 1 rings (SSSR count). The van der Waals surface area contributed by atoms with Crippen LogP contribution in [0, 0.1) is 11.8 Å².